The summed E-state index contributed by atoms with van der Waals surface area (Å²) in [5, 5.41) is 1.30. The number of hydrogen-bond donors (Lipinski definition) is 0. The van der Waals surface area contributed by atoms with Gasteiger partial charge in [-0.1, -0.05) is 15.9 Å². The third kappa shape index (κ3) is 2.61. The maximum atomic E-state index is 11.9. The van der Waals surface area contributed by atoms with E-state index < -0.39 is 9.84 Å². The normalized spacial score (nSPS) is 17.1. The summed E-state index contributed by atoms with van der Waals surface area (Å²) in [5.74, 6) is 0. The van der Waals surface area contributed by atoms with Crippen LogP contribution in [0.3, 0.4) is 0 Å². The van der Waals surface area contributed by atoms with E-state index >= 15 is 0 Å². The Balaban J connectivity index is 2.41. The zero-order valence-electron chi connectivity index (χ0n) is 9.60. The number of fused-ring (bicyclic) bond motifs is 1. The summed E-state index contributed by atoms with van der Waals surface area (Å²) in [4.78, 5) is 0.364. The monoisotopic (exact) mass is 316 g/mol. The van der Waals surface area contributed by atoms with E-state index in [0.717, 1.165) is 15.6 Å². The van der Waals surface area contributed by atoms with Crippen LogP contribution in [0.5, 0.6) is 0 Å². The van der Waals surface area contributed by atoms with E-state index in [4.69, 9.17) is 4.74 Å². The molecule has 2 rings (SSSR count). The summed E-state index contributed by atoms with van der Waals surface area (Å²) in [5.41, 5.74) is 1.45. The van der Waals surface area contributed by atoms with Gasteiger partial charge in [0.15, 0.2) is 0 Å². The Labute approximate surface area is 110 Å². The first kappa shape index (κ1) is 12.8. The Morgan fingerprint density at radius 3 is 2.71 bits per heavy atom. The predicted molar refractivity (Wildman–Crippen MR) is 70.4 cm³/mol. The smallest absolute Gasteiger partial charge is 0.200 e. The van der Waals surface area contributed by atoms with E-state index in [-0.39, 0.29) is 6.10 Å². The molecule has 17 heavy (non-hydrogen) atoms. The predicted octanol–water partition coefficient (Wildman–Crippen LogP) is 3.00. The van der Waals surface area contributed by atoms with Crippen LogP contribution in [-0.2, 0) is 14.6 Å². The van der Waals surface area contributed by atoms with Gasteiger partial charge in [0, 0.05) is 15.4 Å². The van der Waals surface area contributed by atoms with Crippen molar-refractivity contribution in [1.82, 2.24) is 0 Å². The average molecular weight is 317 g/mol. The molecule has 0 atom stereocenters. The van der Waals surface area contributed by atoms with Crippen LogP contribution in [0.25, 0.3) is 5.57 Å². The number of sulfone groups is 1. The Morgan fingerprint density at radius 2 is 2.06 bits per heavy atom. The van der Waals surface area contributed by atoms with E-state index in [2.05, 4.69) is 15.9 Å². The Bertz CT molecular complexity index is 573. The quantitative estimate of drug-likeness (QED) is 0.861. The Hall–Kier alpha value is -0.650. The van der Waals surface area contributed by atoms with Crippen LogP contribution >= 0.6 is 15.9 Å². The fourth-order valence-corrected chi connectivity index (χ4v) is 3.50. The number of benzene rings is 1. The molecule has 1 aromatic carbocycles. The van der Waals surface area contributed by atoms with Gasteiger partial charge in [0.05, 0.1) is 17.6 Å². The first-order chi connectivity index (χ1) is 7.90. The molecular weight excluding hydrogens is 304 g/mol. The van der Waals surface area contributed by atoms with Crippen molar-refractivity contribution in [3.8, 4) is 0 Å². The summed E-state index contributed by atoms with van der Waals surface area (Å²) in [6, 6.07) is 5.17. The summed E-state index contributed by atoms with van der Waals surface area (Å²) in [7, 11) is -3.28. The first-order valence-electron chi connectivity index (χ1n) is 5.27. The third-order valence-corrected chi connectivity index (χ3v) is 4.52. The largest absolute Gasteiger partial charge is 0.374 e. The molecule has 5 heteroatoms. The van der Waals surface area contributed by atoms with Crippen LogP contribution in [0, 0.1) is 0 Å². The zero-order chi connectivity index (χ0) is 12.6. The summed E-state index contributed by atoms with van der Waals surface area (Å²) >= 11 is 3.35. The van der Waals surface area contributed by atoms with E-state index in [1.54, 1.807) is 12.1 Å². The van der Waals surface area contributed by atoms with Crippen molar-refractivity contribution in [2.24, 2.45) is 0 Å². The molecule has 0 saturated carbocycles. The van der Waals surface area contributed by atoms with Gasteiger partial charge >= 0.3 is 0 Å². The fourth-order valence-electron chi connectivity index (χ4n) is 1.68. The Morgan fingerprint density at radius 1 is 1.35 bits per heavy atom. The molecule has 0 bridgehead atoms. The maximum absolute atomic E-state index is 11.9. The van der Waals surface area contributed by atoms with E-state index in [1.807, 2.05) is 19.9 Å². The molecule has 0 saturated heterocycles. The summed E-state index contributed by atoms with van der Waals surface area (Å²) < 4.78 is 30.1. The van der Waals surface area contributed by atoms with Gasteiger partial charge in [-0.25, -0.2) is 8.42 Å². The average Bonchev–Trinajstić information content (AvgIpc) is 2.47. The van der Waals surface area contributed by atoms with E-state index in [1.165, 1.54) is 5.41 Å². The molecule has 0 aromatic heterocycles. The molecule has 0 fully saturated rings. The Kier molecular flexibility index (Phi) is 3.43. The van der Waals surface area contributed by atoms with Gasteiger partial charge in [-0.2, -0.15) is 0 Å². The second-order valence-corrected chi connectivity index (χ2v) is 6.87. The lowest BCUT2D eigenvalue weighted by Gasteiger charge is -2.09. The molecule has 1 aliphatic rings. The zero-order valence-corrected chi connectivity index (χ0v) is 12.0. The molecule has 1 heterocycles. The number of hydrogen-bond acceptors (Lipinski definition) is 3. The van der Waals surface area contributed by atoms with E-state index in [0.29, 0.717) is 11.5 Å². The highest BCUT2D eigenvalue weighted by Crippen LogP contribution is 2.35. The SMILES string of the molecule is CC(C)OCC1=CS(=O)(=O)c2ccc(Br)cc21. The maximum Gasteiger partial charge on any atom is 0.200 e. The molecule has 3 nitrogen and oxygen atoms in total. The van der Waals surface area contributed by atoms with Crippen molar-refractivity contribution in [2.45, 2.75) is 24.8 Å². The van der Waals surface area contributed by atoms with Gasteiger partial charge in [0.2, 0.25) is 9.84 Å². The van der Waals surface area contributed by atoms with Gasteiger partial charge in [0.1, 0.15) is 0 Å². The highest BCUT2D eigenvalue weighted by Gasteiger charge is 2.26. The van der Waals surface area contributed by atoms with Gasteiger partial charge in [-0.3, -0.25) is 0 Å². The third-order valence-electron chi connectivity index (χ3n) is 2.46. The molecule has 1 aliphatic heterocycles. The minimum absolute atomic E-state index is 0.0785. The molecule has 0 N–H and O–H groups in total. The van der Waals surface area contributed by atoms with Gasteiger partial charge < -0.3 is 4.74 Å². The highest BCUT2D eigenvalue weighted by atomic mass is 79.9. The van der Waals surface area contributed by atoms with Crippen LogP contribution in [0.1, 0.15) is 19.4 Å². The van der Waals surface area contributed by atoms with Crippen LogP contribution in [0.2, 0.25) is 0 Å². The number of halogens is 1. The second-order valence-electron chi connectivity index (χ2n) is 4.19. The van der Waals surface area contributed by atoms with Crippen LogP contribution in [0.15, 0.2) is 33.0 Å². The first-order valence-corrected chi connectivity index (χ1v) is 7.61. The second kappa shape index (κ2) is 4.55. The molecule has 0 unspecified atom stereocenters. The lowest BCUT2D eigenvalue weighted by Crippen LogP contribution is -2.04. The minimum atomic E-state index is -3.28. The van der Waals surface area contributed by atoms with Crippen molar-refractivity contribution in [2.75, 3.05) is 6.61 Å². The summed E-state index contributed by atoms with van der Waals surface area (Å²) in [6.07, 6.45) is 0.0785. The summed E-state index contributed by atoms with van der Waals surface area (Å²) in [6.45, 7) is 4.16. The lowest BCUT2D eigenvalue weighted by molar-refractivity contribution is 0.107. The van der Waals surface area contributed by atoms with Crippen molar-refractivity contribution in [3.63, 3.8) is 0 Å². The molecule has 92 valence electrons. The number of ether oxygens (including phenoxy) is 1. The van der Waals surface area contributed by atoms with Crippen LogP contribution in [0.4, 0.5) is 0 Å². The van der Waals surface area contributed by atoms with Crippen molar-refractivity contribution in [1.29, 1.82) is 0 Å². The van der Waals surface area contributed by atoms with Crippen LogP contribution < -0.4 is 0 Å². The molecule has 0 spiro atoms. The highest BCUT2D eigenvalue weighted by molar-refractivity contribution is 9.10. The molecule has 0 aliphatic carbocycles. The number of rotatable bonds is 3. The molecule has 0 radical (unpaired) electrons. The minimum Gasteiger partial charge on any atom is -0.374 e. The lowest BCUT2D eigenvalue weighted by atomic mass is 10.1. The molecule has 0 amide bonds. The van der Waals surface area contributed by atoms with Crippen molar-refractivity contribution < 1.29 is 13.2 Å². The van der Waals surface area contributed by atoms with Crippen LogP contribution in [-0.4, -0.2) is 21.1 Å². The standard InChI is InChI=1S/C12H13BrO3S/c1-8(2)16-6-9-7-17(14,15)12-4-3-10(13)5-11(9)12/h3-5,7-8H,6H2,1-2H3. The van der Waals surface area contributed by atoms with Gasteiger partial charge in [-0.05, 0) is 37.6 Å². The van der Waals surface area contributed by atoms with E-state index in [9.17, 15) is 8.42 Å². The molecule has 1 aromatic rings. The topological polar surface area (TPSA) is 43.4 Å². The molecular formula is C12H13BrO3S. The van der Waals surface area contributed by atoms with Crippen molar-refractivity contribution >= 4 is 31.3 Å². The van der Waals surface area contributed by atoms with Crippen molar-refractivity contribution in [3.05, 3.63) is 33.6 Å². The fraction of sp³-hybridized carbons (Fsp3) is 0.333. The van der Waals surface area contributed by atoms with Gasteiger partial charge in [0.25, 0.3) is 0 Å². The van der Waals surface area contributed by atoms with Gasteiger partial charge in [-0.15, -0.1) is 0 Å².